The van der Waals surface area contributed by atoms with Gasteiger partial charge in [-0.1, -0.05) is 19.1 Å². The van der Waals surface area contributed by atoms with Gasteiger partial charge in [0, 0.05) is 17.2 Å². The molecular formula is C21H24N3O4PS. The number of nitrogens with two attached hydrogens (primary N) is 1. The van der Waals surface area contributed by atoms with Gasteiger partial charge in [-0.15, -0.1) is 11.3 Å². The summed E-state index contributed by atoms with van der Waals surface area (Å²) in [5, 5.41) is 4.83. The number of benzene rings is 1. The average Bonchev–Trinajstić information content (AvgIpc) is 3.29. The van der Waals surface area contributed by atoms with Crippen LogP contribution in [-0.2, 0) is 20.2 Å². The maximum Gasteiger partial charge on any atom is 0.330 e. The summed E-state index contributed by atoms with van der Waals surface area (Å²) in [4.78, 5) is 17.9. The molecule has 3 N–H and O–H groups in total. The highest BCUT2D eigenvalue weighted by molar-refractivity contribution is 7.53. The van der Waals surface area contributed by atoms with E-state index in [1.54, 1.807) is 43.4 Å². The lowest BCUT2D eigenvalue weighted by Crippen LogP contribution is -2.14. The summed E-state index contributed by atoms with van der Waals surface area (Å²) in [5.74, 6) is -0.321. The van der Waals surface area contributed by atoms with Crippen molar-refractivity contribution in [1.29, 1.82) is 0 Å². The fourth-order valence-corrected chi connectivity index (χ4v) is 4.57. The summed E-state index contributed by atoms with van der Waals surface area (Å²) in [5.41, 5.74) is 8.96. The van der Waals surface area contributed by atoms with Crippen molar-refractivity contribution in [3.8, 4) is 10.4 Å². The highest BCUT2D eigenvalue weighted by Gasteiger charge is 2.21. The number of nitrogen functional groups attached to an aromatic ring is 1. The molecule has 0 saturated carbocycles. The summed E-state index contributed by atoms with van der Waals surface area (Å²) < 4.78 is 23.0. The Hall–Kier alpha value is -2.51. The molecule has 3 rings (SSSR count). The van der Waals surface area contributed by atoms with Gasteiger partial charge in [0.25, 0.3) is 5.91 Å². The molecule has 7 nitrogen and oxygen atoms in total. The zero-order valence-electron chi connectivity index (χ0n) is 16.8. The van der Waals surface area contributed by atoms with Crippen LogP contribution in [-0.4, -0.2) is 23.7 Å². The number of rotatable bonds is 9. The highest BCUT2D eigenvalue weighted by Crippen LogP contribution is 2.48. The second-order valence-electron chi connectivity index (χ2n) is 6.39. The van der Waals surface area contributed by atoms with Gasteiger partial charge in [0.05, 0.1) is 35.8 Å². The molecule has 158 valence electrons. The van der Waals surface area contributed by atoms with Crippen LogP contribution in [0.2, 0.25) is 0 Å². The summed E-state index contributed by atoms with van der Waals surface area (Å²) in [7, 11) is -3.11. The van der Waals surface area contributed by atoms with E-state index >= 15 is 0 Å². The standard InChI is InChI=1S/C21H24N3O4PS/c1-3-27-29(26,4-2)28-14-17-9-7-16(13-23-17)21(25)24-19-12-15(8-10-18(19)22)20-6-5-11-30-20/h5-13H,3-4,14,22H2,1-2H3,(H,24,25). The van der Waals surface area contributed by atoms with Crippen LogP contribution in [0.15, 0.2) is 54.0 Å². The van der Waals surface area contributed by atoms with Crippen LogP contribution in [0.3, 0.4) is 0 Å². The van der Waals surface area contributed by atoms with Crippen LogP contribution in [0, 0.1) is 0 Å². The van der Waals surface area contributed by atoms with Gasteiger partial charge in [-0.05, 0) is 48.2 Å². The predicted molar refractivity (Wildman–Crippen MR) is 121 cm³/mol. The number of nitrogens with one attached hydrogen (secondary N) is 1. The number of amides is 1. The maximum absolute atomic E-state index is 12.6. The third kappa shape index (κ3) is 5.55. The minimum absolute atomic E-state index is 0.0445. The maximum atomic E-state index is 12.6. The molecule has 0 aliphatic heterocycles. The molecule has 3 aromatic rings. The molecule has 0 saturated heterocycles. The van der Waals surface area contributed by atoms with Gasteiger partial charge in [-0.3, -0.25) is 14.3 Å². The van der Waals surface area contributed by atoms with Crippen molar-refractivity contribution in [2.45, 2.75) is 20.5 Å². The molecule has 1 amide bonds. The minimum Gasteiger partial charge on any atom is -0.397 e. The second-order valence-corrected chi connectivity index (χ2v) is 9.71. The molecule has 2 heterocycles. The average molecular weight is 445 g/mol. The molecule has 0 fully saturated rings. The minimum atomic E-state index is -3.11. The van der Waals surface area contributed by atoms with E-state index in [1.807, 2.05) is 29.6 Å². The Morgan fingerprint density at radius 1 is 1.20 bits per heavy atom. The number of hydrogen-bond donors (Lipinski definition) is 2. The number of pyridine rings is 1. The Kier molecular flexibility index (Phi) is 7.39. The van der Waals surface area contributed by atoms with Crippen LogP contribution in [0.25, 0.3) is 10.4 Å². The molecule has 9 heteroatoms. The Morgan fingerprint density at radius 2 is 2.03 bits per heavy atom. The second kappa shape index (κ2) is 10.00. The van der Waals surface area contributed by atoms with Crippen molar-refractivity contribution in [2.75, 3.05) is 23.8 Å². The van der Waals surface area contributed by atoms with E-state index in [0.29, 0.717) is 29.2 Å². The van der Waals surface area contributed by atoms with E-state index in [0.717, 1.165) is 10.4 Å². The van der Waals surface area contributed by atoms with Crippen molar-refractivity contribution < 1.29 is 18.4 Å². The predicted octanol–water partition coefficient (Wildman–Crippen LogP) is 5.41. The Balaban J connectivity index is 1.67. The van der Waals surface area contributed by atoms with Crippen LogP contribution in [0.4, 0.5) is 11.4 Å². The van der Waals surface area contributed by atoms with Crippen molar-refractivity contribution >= 4 is 36.2 Å². The van der Waals surface area contributed by atoms with Gasteiger partial charge in [0.2, 0.25) is 0 Å². The molecule has 0 bridgehead atoms. The van der Waals surface area contributed by atoms with Crippen molar-refractivity contribution in [3.63, 3.8) is 0 Å². The van der Waals surface area contributed by atoms with Gasteiger partial charge in [-0.2, -0.15) is 0 Å². The molecule has 1 aromatic carbocycles. The number of nitrogens with zero attached hydrogens (tertiary/aromatic N) is 1. The van der Waals surface area contributed by atoms with Crippen molar-refractivity contribution in [1.82, 2.24) is 4.98 Å². The molecule has 0 radical (unpaired) electrons. The molecular weight excluding hydrogens is 421 g/mol. The van der Waals surface area contributed by atoms with Crippen LogP contribution >= 0.6 is 18.9 Å². The van der Waals surface area contributed by atoms with Gasteiger partial charge >= 0.3 is 7.60 Å². The smallest absolute Gasteiger partial charge is 0.330 e. The van der Waals surface area contributed by atoms with E-state index in [2.05, 4.69) is 10.3 Å². The quantitative estimate of drug-likeness (QED) is 0.337. The van der Waals surface area contributed by atoms with E-state index in [1.165, 1.54) is 6.20 Å². The summed E-state index contributed by atoms with van der Waals surface area (Å²) >= 11 is 1.61. The zero-order valence-corrected chi connectivity index (χ0v) is 18.5. The van der Waals surface area contributed by atoms with Gasteiger partial charge in [0.1, 0.15) is 0 Å². The normalized spacial score (nSPS) is 13.0. The molecule has 0 aliphatic carbocycles. The molecule has 1 atom stereocenters. The van der Waals surface area contributed by atoms with Gasteiger partial charge < -0.3 is 20.1 Å². The first-order valence-corrected chi connectivity index (χ1v) is 12.1. The fourth-order valence-electron chi connectivity index (χ4n) is 2.68. The Bertz CT molecular complexity index is 1040. The number of aromatic nitrogens is 1. The monoisotopic (exact) mass is 445 g/mol. The third-order valence-electron chi connectivity index (χ3n) is 4.32. The highest BCUT2D eigenvalue weighted by atomic mass is 32.1. The Morgan fingerprint density at radius 3 is 2.67 bits per heavy atom. The van der Waals surface area contributed by atoms with Gasteiger partial charge in [0.15, 0.2) is 0 Å². The number of carbonyl (C=O) groups excluding carboxylic acids is 1. The van der Waals surface area contributed by atoms with E-state index in [-0.39, 0.29) is 18.7 Å². The zero-order chi connectivity index (χ0) is 21.6. The van der Waals surface area contributed by atoms with Crippen LogP contribution in [0.1, 0.15) is 29.9 Å². The molecule has 2 aromatic heterocycles. The number of hydrogen-bond acceptors (Lipinski definition) is 7. The van der Waals surface area contributed by atoms with E-state index in [9.17, 15) is 9.36 Å². The number of thiophene rings is 1. The number of carbonyl (C=O) groups is 1. The molecule has 30 heavy (non-hydrogen) atoms. The molecule has 0 spiro atoms. The first kappa shape index (κ1) is 22.2. The first-order valence-electron chi connectivity index (χ1n) is 9.52. The topological polar surface area (TPSA) is 104 Å². The first-order chi connectivity index (χ1) is 14.4. The van der Waals surface area contributed by atoms with Gasteiger partial charge in [-0.25, -0.2) is 0 Å². The van der Waals surface area contributed by atoms with E-state index in [4.69, 9.17) is 14.8 Å². The van der Waals surface area contributed by atoms with Crippen LogP contribution < -0.4 is 11.1 Å². The van der Waals surface area contributed by atoms with Crippen molar-refractivity contribution in [2.24, 2.45) is 0 Å². The lowest BCUT2D eigenvalue weighted by molar-refractivity contribution is 0.102. The van der Waals surface area contributed by atoms with E-state index < -0.39 is 7.60 Å². The molecule has 0 aliphatic rings. The third-order valence-corrected chi connectivity index (χ3v) is 7.18. The largest absolute Gasteiger partial charge is 0.397 e. The van der Waals surface area contributed by atoms with Crippen molar-refractivity contribution in [3.05, 3.63) is 65.3 Å². The lowest BCUT2D eigenvalue weighted by Gasteiger charge is -2.15. The summed E-state index contributed by atoms with van der Waals surface area (Å²) in [6, 6.07) is 12.8. The fraction of sp³-hybridized carbons (Fsp3) is 0.238. The Labute approximate surface area is 179 Å². The summed E-state index contributed by atoms with van der Waals surface area (Å²) in [6.07, 6.45) is 1.73. The van der Waals surface area contributed by atoms with Crippen LogP contribution in [0.5, 0.6) is 0 Å². The SMILES string of the molecule is CCOP(=O)(CC)OCc1ccc(C(=O)Nc2cc(-c3cccs3)ccc2N)cn1. The molecule has 1 unspecified atom stereocenters. The lowest BCUT2D eigenvalue weighted by atomic mass is 10.1. The number of anilines is 2. The summed E-state index contributed by atoms with van der Waals surface area (Å²) in [6.45, 7) is 3.87.